The predicted molar refractivity (Wildman–Crippen MR) is 134 cm³/mol. The Kier molecular flexibility index (Phi) is 9.84. The Bertz CT molecular complexity index is 1050. The molecule has 0 radical (unpaired) electrons. The minimum Gasteiger partial charge on any atom is -0.473 e. The predicted octanol–water partition coefficient (Wildman–Crippen LogP) is 2.97. The standard InChI is InChI=1S/C25H32N2O3.C2H2O4/c1-3-24(25(28)29-4-2)30-16-15-26-13-14-27-22-12-8-6-10-20(22)17-19-9-5-7-11-21(19)23(27)18-26;3-1(4)2(5)6/h5-12,23-24H,3-4,13-18H2,1-2H3;(H,3,4)(H,5,6). The average Bonchev–Trinajstić information content (AvgIpc) is 3.01. The molecule has 0 bridgehead atoms. The molecule has 1 fully saturated rings. The molecule has 2 aromatic carbocycles. The maximum atomic E-state index is 12.0. The van der Waals surface area contributed by atoms with E-state index in [1.54, 1.807) is 0 Å². The van der Waals surface area contributed by atoms with Crippen molar-refractivity contribution in [3.05, 3.63) is 65.2 Å². The van der Waals surface area contributed by atoms with Crippen molar-refractivity contribution in [2.75, 3.05) is 44.3 Å². The van der Waals surface area contributed by atoms with Crippen LogP contribution in [0.3, 0.4) is 0 Å². The van der Waals surface area contributed by atoms with E-state index in [9.17, 15) is 4.79 Å². The highest BCUT2D eigenvalue weighted by Crippen LogP contribution is 2.38. The maximum Gasteiger partial charge on any atom is 0.414 e. The van der Waals surface area contributed by atoms with E-state index in [2.05, 4.69) is 58.3 Å². The highest BCUT2D eigenvalue weighted by atomic mass is 16.6. The smallest absolute Gasteiger partial charge is 0.414 e. The summed E-state index contributed by atoms with van der Waals surface area (Å²) < 4.78 is 11.0. The summed E-state index contributed by atoms with van der Waals surface area (Å²) in [5, 5.41) is 14.8. The number of esters is 1. The van der Waals surface area contributed by atoms with Crippen LogP contribution in [0.15, 0.2) is 48.5 Å². The van der Waals surface area contributed by atoms with E-state index in [-0.39, 0.29) is 5.97 Å². The van der Waals surface area contributed by atoms with E-state index < -0.39 is 18.0 Å². The molecule has 0 amide bonds. The van der Waals surface area contributed by atoms with Crippen LogP contribution < -0.4 is 4.90 Å². The maximum absolute atomic E-state index is 12.0. The molecule has 0 aromatic heterocycles. The molecule has 1 saturated heterocycles. The molecule has 9 nitrogen and oxygen atoms in total. The second kappa shape index (κ2) is 13.0. The lowest BCUT2D eigenvalue weighted by Gasteiger charge is -2.43. The lowest BCUT2D eigenvalue weighted by molar-refractivity contribution is -0.159. The van der Waals surface area contributed by atoms with Gasteiger partial charge in [-0.05, 0) is 42.5 Å². The fourth-order valence-corrected chi connectivity index (χ4v) is 4.67. The Morgan fingerprint density at radius 1 is 0.972 bits per heavy atom. The number of rotatable bonds is 7. The van der Waals surface area contributed by atoms with Crippen LogP contribution in [0.25, 0.3) is 0 Å². The second-order valence-electron chi connectivity index (χ2n) is 8.64. The number of hydrogen-bond acceptors (Lipinski definition) is 7. The van der Waals surface area contributed by atoms with Gasteiger partial charge in [0, 0.05) is 31.9 Å². The van der Waals surface area contributed by atoms with Gasteiger partial charge in [0.05, 0.1) is 19.3 Å². The highest BCUT2D eigenvalue weighted by molar-refractivity contribution is 6.27. The third kappa shape index (κ3) is 6.83. The number of anilines is 1. The van der Waals surface area contributed by atoms with Gasteiger partial charge >= 0.3 is 17.9 Å². The van der Waals surface area contributed by atoms with E-state index in [1.807, 2.05) is 13.8 Å². The molecule has 2 N–H and O–H groups in total. The molecule has 2 aromatic rings. The second-order valence-corrected chi connectivity index (χ2v) is 8.64. The number of para-hydroxylation sites is 1. The average molecular weight is 499 g/mol. The van der Waals surface area contributed by atoms with Crippen molar-refractivity contribution in [1.29, 1.82) is 0 Å². The molecule has 194 valence electrons. The van der Waals surface area contributed by atoms with Crippen LogP contribution in [0.4, 0.5) is 5.69 Å². The first-order valence-electron chi connectivity index (χ1n) is 12.2. The number of carbonyl (C=O) groups is 3. The summed E-state index contributed by atoms with van der Waals surface area (Å²) in [6, 6.07) is 18.0. The normalized spacial score (nSPS) is 17.3. The molecule has 0 aliphatic carbocycles. The van der Waals surface area contributed by atoms with Crippen molar-refractivity contribution in [2.24, 2.45) is 0 Å². The van der Waals surface area contributed by atoms with Gasteiger partial charge < -0.3 is 24.6 Å². The van der Waals surface area contributed by atoms with E-state index in [0.29, 0.717) is 25.7 Å². The van der Waals surface area contributed by atoms with Crippen molar-refractivity contribution < 1.29 is 34.1 Å². The SMILES string of the molecule is CCOC(=O)C(CC)OCCN1CCN2c3ccccc3Cc3ccccc3C2C1.O=C(O)C(=O)O. The number of piperazine rings is 1. The minimum absolute atomic E-state index is 0.251. The molecule has 2 aliphatic rings. The van der Waals surface area contributed by atoms with Gasteiger partial charge in [0.2, 0.25) is 0 Å². The largest absolute Gasteiger partial charge is 0.473 e. The number of carboxylic acid groups (broad SMARTS) is 2. The van der Waals surface area contributed by atoms with Crippen LogP contribution >= 0.6 is 0 Å². The zero-order valence-electron chi connectivity index (χ0n) is 20.8. The van der Waals surface area contributed by atoms with Crippen LogP contribution in [-0.2, 0) is 30.3 Å². The third-order valence-corrected chi connectivity index (χ3v) is 6.39. The number of hydrogen-bond donors (Lipinski definition) is 2. The monoisotopic (exact) mass is 498 g/mol. The Hall–Kier alpha value is -3.43. The minimum atomic E-state index is -1.82. The Labute approximate surface area is 211 Å². The zero-order valence-corrected chi connectivity index (χ0v) is 20.8. The summed E-state index contributed by atoms with van der Waals surface area (Å²) >= 11 is 0. The number of fused-ring (bicyclic) bond motifs is 5. The highest BCUT2D eigenvalue weighted by Gasteiger charge is 2.33. The van der Waals surface area contributed by atoms with Crippen LogP contribution in [0.5, 0.6) is 0 Å². The molecule has 2 unspecified atom stereocenters. The fourth-order valence-electron chi connectivity index (χ4n) is 4.67. The summed E-state index contributed by atoms with van der Waals surface area (Å²) in [6.45, 7) is 8.49. The molecule has 2 aliphatic heterocycles. The molecule has 2 heterocycles. The topological polar surface area (TPSA) is 117 Å². The van der Waals surface area contributed by atoms with Gasteiger partial charge in [0.1, 0.15) is 0 Å². The van der Waals surface area contributed by atoms with Crippen molar-refractivity contribution in [2.45, 2.75) is 38.8 Å². The van der Waals surface area contributed by atoms with Gasteiger partial charge in [0.15, 0.2) is 6.10 Å². The first kappa shape index (κ1) is 27.2. The molecular weight excluding hydrogens is 464 g/mol. The Morgan fingerprint density at radius 2 is 1.64 bits per heavy atom. The molecule has 36 heavy (non-hydrogen) atoms. The lowest BCUT2D eigenvalue weighted by atomic mass is 9.96. The van der Waals surface area contributed by atoms with E-state index in [1.165, 1.54) is 22.4 Å². The molecular formula is C27H34N2O7. The number of carbonyl (C=O) groups excluding carboxylic acids is 1. The van der Waals surface area contributed by atoms with Crippen LogP contribution in [0, 0.1) is 0 Å². The Morgan fingerprint density at radius 3 is 2.31 bits per heavy atom. The van der Waals surface area contributed by atoms with Crippen molar-refractivity contribution in [1.82, 2.24) is 4.90 Å². The number of nitrogens with zero attached hydrogens (tertiary/aromatic N) is 2. The number of benzene rings is 2. The van der Waals surface area contributed by atoms with Gasteiger partial charge in [-0.15, -0.1) is 0 Å². The summed E-state index contributed by atoms with van der Waals surface area (Å²) in [6.07, 6.45) is 1.16. The fraction of sp³-hybridized carbons (Fsp3) is 0.444. The van der Waals surface area contributed by atoms with Gasteiger partial charge in [-0.1, -0.05) is 49.4 Å². The molecule has 9 heteroatoms. The van der Waals surface area contributed by atoms with Gasteiger partial charge in [-0.25, -0.2) is 14.4 Å². The first-order valence-corrected chi connectivity index (χ1v) is 12.2. The summed E-state index contributed by atoms with van der Waals surface area (Å²) in [5.41, 5.74) is 5.62. The molecule has 0 saturated carbocycles. The van der Waals surface area contributed by atoms with E-state index >= 15 is 0 Å². The van der Waals surface area contributed by atoms with Gasteiger partial charge in [-0.3, -0.25) is 4.90 Å². The van der Waals surface area contributed by atoms with E-state index in [0.717, 1.165) is 32.6 Å². The quantitative estimate of drug-likeness (QED) is 0.439. The molecule has 4 rings (SSSR count). The van der Waals surface area contributed by atoms with Crippen molar-refractivity contribution in [3.8, 4) is 0 Å². The van der Waals surface area contributed by atoms with Crippen LogP contribution in [0.1, 0.15) is 43.0 Å². The van der Waals surface area contributed by atoms with Crippen LogP contribution in [-0.4, -0.2) is 78.5 Å². The number of carboxylic acids is 2. The van der Waals surface area contributed by atoms with Crippen molar-refractivity contribution >= 4 is 23.6 Å². The van der Waals surface area contributed by atoms with E-state index in [4.69, 9.17) is 29.3 Å². The number of aliphatic carboxylic acids is 2. The first-order chi connectivity index (χ1) is 17.3. The summed E-state index contributed by atoms with van der Waals surface area (Å²) in [4.78, 5) is 35.2. The van der Waals surface area contributed by atoms with Crippen molar-refractivity contribution in [3.63, 3.8) is 0 Å². The molecule has 0 spiro atoms. The summed E-state index contributed by atoms with van der Waals surface area (Å²) in [5.74, 6) is -3.90. The Balaban J connectivity index is 0.000000538. The third-order valence-electron chi connectivity index (χ3n) is 6.39. The summed E-state index contributed by atoms with van der Waals surface area (Å²) in [7, 11) is 0. The lowest BCUT2D eigenvalue weighted by Crippen LogP contribution is -2.49. The van der Waals surface area contributed by atoms with Gasteiger partial charge in [0.25, 0.3) is 0 Å². The zero-order chi connectivity index (χ0) is 26.1. The van der Waals surface area contributed by atoms with Gasteiger partial charge in [-0.2, -0.15) is 0 Å². The number of ether oxygens (including phenoxy) is 2. The molecule has 2 atom stereocenters. The van der Waals surface area contributed by atoms with Crippen LogP contribution in [0.2, 0.25) is 0 Å².